The molecule has 1 N–H and O–H groups in total. The first-order valence-electron chi connectivity index (χ1n) is 8.06. The number of sulfone groups is 1. The van der Waals surface area contributed by atoms with Crippen LogP contribution in [0.1, 0.15) is 24.0 Å². The van der Waals surface area contributed by atoms with Crippen molar-refractivity contribution in [3.05, 3.63) is 65.7 Å². The van der Waals surface area contributed by atoms with Gasteiger partial charge in [-0.25, -0.2) is 8.42 Å². The van der Waals surface area contributed by atoms with Crippen LogP contribution in [0.15, 0.2) is 59.5 Å². The Bertz CT molecular complexity index is 782. The van der Waals surface area contributed by atoms with E-state index in [0.29, 0.717) is 19.6 Å². The molecular weight excluding hydrogens is 340 g/mol. The minimum atomic E-state index is -3.91. The second-order valence-corrected chi connectivity index (χ2v) is 8.00. The summed E-state index contributed by atoms with van der Waals surface area (Å²) in [5.74, 6) is -1.33. The molecule has 0 aromatic heterocycles. The van der Waals surface area contributed by atoms with E-state index in [0.717, 1.165) is 11.1 Å². The fraction of sp³-hybridized carbons (Fsp3) is 0.316. The van der Waals surface area contributed by atoms with E-state index in [1.165, 1.54) is 12.1 Å². The van der Waals surface area contributed by atoms with Crippen LogP contribution in [-0.4, -0.2) is 31.4 Å². The summed E-state index contributed by atoms with van der Waals surface area (Å²) in [6.07, 6.45) is 0.370. The molecular formula is C19H22O5S. The molecule has 25 heavy (non-hydrogen) atoms. The minimum Gasteiger partial charge on any atom is -0.480 e. The predicted octanol–water partition coefficient (Wildman–Crippen LogP) is 3.22. The van der Waals surface area contributed by atoms with E-state index in [-0.39, 0.29) is 11.3 Å². The van der Waals surface area contributed by atoms with Gasteiger partial charge in [-0.05, 0) is 37.5 Å². The van der Waals surface area contributed by atoms with Crippen LogP contribution in [0.5, 0.6) is 0 Å². The smallest absolute Gasteiger partial charge is 0.322 e. The van der Waals surface area contributed by atoms with Crippen molar-refractivity contribution in [2.75, 3.05) is 6.61 Å². The molecule has 2 aromatic rings. The summed E-state index contributed by atoms with van der Waals surface area (Å²) in [5.41, 5.74) is 1.93. The van der Waals surface area contributed by atoms with Crippen LogP contribution in [-0.2, 0) is 26.0 Å². The van der Waals surface area contributed by atoms with Crippen LogP contribution in [0.3, 0.4) is 0 Å². The number of hydrogen-bond donors (Lipinski definition) is 1. The summed E-state index contributed by atoms with van der Waals surface area (Å²) < 4.78 is 30.6. The highest BCUT2D eigenvalue weighted by atomic mass is 32.2. The maximum atomic E-state index is 12.5. The Morgan fingerprint density at radius 2 is 1.72 bits per heavy atom. The van der Waals surface area contributed by atoms with E-state index in [1.54, 1.807) is 12.1 Å². The average molecular weight is 362 g/mol. The summed E-state index contributed by atoms with van der Waals surface area (Å²) in [6, 6.07) is 15.8. The predicted molar refractivity (Wildman–Crippen MR) is 95.1 cm³/mol. The lowest BCUT2D eigenvalue weighted by atomic mass is 10.2. The number of aryl methyl sites for hydroxylation is 1. The highest BCUT2D eigenvalue weighted by Crippen LogP contribution is 2.20. The fourth-order valence-electron chi connectivity index (χ4n) is 2.44. The topological polar surface area (TPSA) is 80.7 Å². The van der Waals surface area contributed by atoms with Crippen molar-refractivity contribution in [2.24, 2.45) is 0 Å². The second-order valence-electron chi connectivity index (χ2n) is 5.87. The summed E-state index contributed by atoms with van der Waals surface area (Å²) >= 11 is 0. The molecule has 134 valence electrons. The van der Waals surface area contributed by atoms with Crippen molar-refractivity contribution in [1.29, 1.82) is 0 Å². The quantitative estimate of drug-likeness (QED) is 0.693. The number of carbonyl (C=O) groups is 1. The maximum absolute atomic E-state index is 12.5. The zero-order valence-electron chi connectivity index (χ0n) is 14.1. The minimum absolute atomic E-state index is 0.0142. The largest absolute Gasteiger partial charge is 0.480 e. The summed E-state index contributed by atoms with van der Waals surface area (Å²) in [4.78, 5) is 11.5. The molecule has 5 nitrogen and oxygen atoms in total. The lowest BCUT2D eigenvalue weighted by Crippen LogP contribution is -2.30. The van der Waals surface area contributed by atoms with Gasteiger partial charge in [-0.3, -0.25) is 4.79 Å². The molecule has 0 fully saturated rings. The van der Waals surface area contributed by atoms with Gasteiger partial charge < -0.3 is 9.84 Å². The molecule has 2 rings (SSSR count). The Balaban J connectivity index is 1.92. The molecule has 0 aliphatic heterocycles. The van der Waals surface area contributed by atoms with Crippen molar-refractivity contribution in [2.45, 2.75) is 36.5 Å². The first kappa shape index (κ1) is 19.1. The molecule has 6 heteroatoms. The molecule has 0 amide bonds. The standard InChI is InChI=1S/C19H22O5S/c1-15-9-11-17(12-10-15)25(22,23)18(19(20)21)8-5-13-24-14-16-6-3-2-4-7-16/h2-4,6-7,9-12,18H,5,8,13-14H2,1H3,(H,20,21). The van der Waals surface area contributed by atoms with Crippen molar-refractivity contribution >= 4 is 15.8 Å². The Labute approximate surface area is 148 Å². The van der Waals surface area contributed by atoms with Crippen LogP contribution >= 0.6 is 0 Å². The van der Waals surface area contributed by atoms with Crippen LogP contribution < -0.4 is 0 Å². The van der Waals surface area contributed by atoms with Crippen molar-refractivity contribution in [3.63, 3.8) is 0 Å². The molecule has 0 aliphatic rings. The SMILES string of the molecule is Cc1ccc(S(=O)(=O)C(CCCOCc2ccccc2)C(=O)O)cc1. The number of hydrogen-bond acceptors (Lipinski definition) is 4. The van der Waals surface area contributed by atoms with Crippen LogP contribution in [0, 0.1) is 6.92 Å². The lowest BCUT2D eigenvalue weighted by molar-refractivity contribution is -0.136. The summed E-state index contributed by atoms with van der Waals surface area (Å²) in [6.45, 7) is 2.57. The van der Waals surface area contributed by atoms with Gasteiger partial charge in [0.15, 0.2) is 15.1 Å². The molecule has 0 spiro atoms. The third-order valence-corrected chi connectivity index (χ3v) is 5.98. The van der Waals surface area contributed by atoms with Crippen molar-refractivity contribution in [1.82, 2.24) is 0 Å². The number of carboxylic acids is 1. The van der Waals surface area contributed by atoms with Gasteiger partial charge >= 0.3 is 5.97 Å². The molecule has 1 atom stereocenters. The highest BCUT2D eigenvalue weighted by molar-refractivity contribution is 7.92. The highest BCUT2D eigenvalue weighted by Gasteiger charge is 2.33. The average Bonchev–Trinajstić information content (AvgIpc) is 2.58. The molecule has 0 saturated carbocycles. The normalized spacial score (nSPS) is 12.7. The van der Waals surface area contributed by atoms with E-state index in [4.69, 9.17) is 4.74 Å². The lowest BCUT2D eigenvalue weighted by Gasteiger charge is -2.14. The van der Waals surface area contributed by atoms with Crippen LogP contribution in [0.25, 0.3) is 0 Å². The number of ether oxygens (including phenoxy) is 1. The van der Waals surface area contributed by atoms with E-state index >= 15 is 0 Å². The third kappa shape index (κ3) is 5.41. The monoisotopic (exact) mass is 362 g/mol. The van der Waals surface area contributed by atoms with Gasteiger partial charge in [0.1, 0.15) is 0 Å². The van der Waals surface area contributed by atoms with Crippen LogP contribution in [0.2, 0.25) is 0 Å². The Morgan fingerprint density at radius 3 is 2.32 bits per heavy atom. The van der Waals surface area contributed by atoms with Crippen molar-refractivity contribution < 1.29 is 23.1 Å². The number of aliphatic carboxylic acids is 1. The van der Waals surface area contributed by atoms with Gasteiger partial charge in [0.05, 0.1) is 11.5 Å². The van der Waals surface area contributed by atoms with Gasteiger partial charge in [-0.1, -0.05) is 48.0 Å². The second kappa shape index (κ2) is 8.78. The maximum Gasteiger partial charge on any atom is 0.322 e. The van der Waals surface area contributed by atoms with E-state index in [2.05, 4.69) is 0 Å². The Morgan fingerprint density at radius 1 is 1.08 bits per heavy atom. The van der Waals surface area contributed by atoms with Gasteiger partial charge in [0, 0.05) is 6.61 Å². The molecule has 1 unspecified atom stereocenters. The molecule has 2 aromatic carbocycles. The molecule has 0 saturated heterocycles. The number of carboxylic acid groups (broad SMARTS) is 1. The fourth-order valence-corrected chi connectivity index (χ4v) is 4.03. The van der Waals surface area contributed by atoms with Gasteiger partial charge in [-0.2, -0.15) is 0 Å². The Hall–Kier alpha value is -2.18. The Kier molecular flexibility index (Phi) is 6.73. The number of rotatable bonds is 9. The third-order valence-electron chi connectivity index (χ3n) is 3.87. The van der Waals surface area contributed by atoms with Gasteiger partial charge in [-0.15, -0.1) is 0 Å². The van der Waals surface area contributed by atoms with Gasteiger partial charge in [0.25, 0.3) is 0 Å². The van der Waals surface area contributed by atoms with Gasteiger partial charge in [0.2, 0.25) is 0 Å². The first-order chi connectivity index (χ1) is 11.9. The van der Waals surface area contributed by atoms with Crippen LogP contribution in [0.4, 0.5) is 0 Å². The van der Waals surface area contributed by atoms with E-state index in [9.17, 15) is 18.3 Å². The molecule has 0 radical (unpaired) electrons. The zero-order chi connectivity index (χ0) is 18.3. The molecule has 0 aliphatic carbocycles. The summed E-state index contributed by atoms with van der Waals surface area (Å²) in [7, 11) is -3.91. The van der Waals surface area contributed by atoms with Crippen molar-refractivity contribution in [3.8, 4) is 0 Å². The zero-order valence-corrected chi connectivity index (χ0v) is 14.9. The summed E-state index contributed by atoms with van der Waals surface area (Å²) in [5, 5.41) is 7.88. The first-order valence-corrected chi connectivity index (χ1v) is 9.61. The molecule has 0 heterocycles. The van der Waals surface area contributed by atoms with E-state index < -0.39 is 21.1 Å². The molecule has 0 bridgehead atoms. The number of benzene rings is 2. The van der Waals surface area contributed by atoms with E-state index in [1.807, 2.05) is 37.3 Å².